The summed E-state index contributed by atoms with van der Waals surface area (Å²) < 4.78 is 31.5. The number of carbonyl (C=O) groups excluding carboxylic acids is 3. The quantitative estimate of drug-likeness (QED) is 0.158. The highest BCUT2D eigenvalue weighted by Crippen LogP contribution is 2.39. The van der Waals surface area contributed by atoms with E-state index in [0.29, 0.717) is 18.6 Å². The number of cyclic esters (lactones) is 1. The molecule has 312 valence electrons. The molecule has 13 atom stereocenters. The molecule has 2 unspecified atom stereocenters. The van der Waals surface area contributed by atoms with E-state index >= 15 is 0 Å². The molecular weight excluding hydrogens is 753 g/mol. The van der Waals surface area contributed by atoms with E-state index in [-0.39, 0.29) is 25.2 Å². The number of esters is 1. The predicted molar refractivity (Wildman–Crippen MR) is 214 cm³/mol. The summed E-state index contributed by atoms with van der Waals surface area (Å²) in [5, 5.41) is 19.0. The molecule has 3 fully saturated rings. The first-order valence-corrected chi connectivity index (χ1v) is 20.5. The molecule has 0 saturated carbocycles. The molecule has 2 aromatic heterocycles. The van der Waals surface area contributed by atoms with Crippen molar-refractivity contribution in [2.45, 2.75) is 122 Å². The van der Waals surface area contributed by atoms with E-state index in [1.165, 1.54) is 25.4 Å². The minimum atomic E-state index is -1.31. The minimum absolute atomic E-state index is 0.0533. The SMILES string of the molecule is CC[C@H]1OC(=O)[C@H](C)C(=O)[C@H](C)[C@@H](OC2O[C@H](C)C[C@H](N(C)C)C2O)[C@@](C)(OCC#Cc2ccc(-c3ccccn3)s2)C[C@@H](C)/C(=N\OC)[C@H](C)[C@H]2NC(=O)O[C@@H]21. The lowest BCUT2D eigenvalue weighted by molar-refractivity contribution is -0.296. The number of ether oxygens (including phenoxy) is 5. The number of rotatable bonds is 8. The Morgan fingerprint density at radius 1 is 1.09 bits per heavy atom. The summed E-state index contributed by atoms with van der Waals surface area (Å²) in [5.41, 5.74) is 0.128. The minimum Gasteiger partial charge on any atom is -0.458 e. The van der Waals surface area contributed by atoms with Crippen molar-refractivity contribution in [3.63, 3.8) is 0 Å². The number of nitrogens with one attached hydrogen (secondary N) is 1. The number of nitrogens with zero attached hydrogens (tertiary/aromatic N) is 3. The van der Waals surface area contributed by atoms with Gasteiger partial charge < -0.3 is 43.8 Å². The summed E-state index contributed by atoms with van der Waals surface area (Å²) >= 11 is 1.51. The summed E-state index contributed by atoms with van der Waals surface area (Å²) in [5.74, 6) is 2.11. The fourth-order valence-corrected chi connectivity index (χ4v) is 9.16. The average Bonchev–Trinajstić information content (AvgIpc) is 3.83. The molecule has 0 aliphatic carbocycles. The Labute approximate surface area is 339 Å². The highest BCUT2D eigenvalue weighted by Gasteiger charge is 2.52. The lowest BCUT2D eigenvalue weighted by atomic mass is 9.75. The maximum Gasteiger partial charge on any atom is 0.407 e. The lowest BCUT2D eigenvalue weighted by Gasteiger charge is -2.47. The van der Waals surface area contributed by atoms with Gasteiger partial charge in [0.1, 0.15) is 31.8 Å². The third kappa shape index (κ3) is 10.2. The zero-order valence-electron chi connectivity index (χ0n) is 34.6. The van der Waals surface area contributed by atoms with Crippen LogP contribution in [0, 0.1) is 35.5 Å². The van der Waals surface area contributed by atoms with Crippen molar-refractivity contribution < 1.29 is 48.0 Å². The van der Waals surface area contributed by atoms with Gasteiger partial charge >= 0.3 is 12.1 Å². The second-order valence-electron chi connectivity index (χ2n) is 15.8. The molecule has 3 aliphatic heterocycles. The Hall–Kier alpha value is -3.91. The van der Waals surface area contributed by atoms with Gasteiger partial charge in [0.2, 0.25) is 0 Å². The van der Waals surface area contributed by atoms with Gasteiger partial charge in [-0.3, -0.25) is 14.6 Å². The number of fused-ring (bicyclic) bond motifs is 1. The lowest BCUT2D eigenvalue weighted by Crippen LogP contribution is -2.59. The number of ketones is 1. The molecule has 2 N–H and O–H groups in total. The van der Waals surface area contributed by atoms with Crippen LogP contribution in [0.1, 0.15) is 72.6 Å². The van der Waals surface area contributed by atoms with Gasteiger partial charge in [0.15, 0.2) is 18.2 Å². The van der Waals surface area contributed by atoms with E-state index in [4.69, 9.17) is 28.5 Å². The van der Waals surface area contributed by atoms with Gasteiger partial charge in [-0.15, -0.1) is 11.3 Å². The highest BCUT2D eigenvalue weighted by atomic mass is 32.1. The molecule has 15 heteroatoms. The molecular formula is C42H58N4O10S. The Morgan fingerprint density at radius 3 is 2.51 bits per heavy atom. The Morgan fingerprint density at radius 2 is 1.84 bits per heavy atom. The molecule has 5 rings (SSSR count). The van der Waals surface area contributed by atoms with Crippen molar-refractivity contribution in [3.8, 4) is 22.4 Å². The van der Waals surface area contributed by atoms with Crippen molar-refractivity contribution in [3.05, 3.63) is 41.4 Å². The van der Waals surface area contributed by atoms with Crippen LogP contribution in [0.25, 0.3) is 10.6 Å². The number of aromatic nitrogens is 1. The molecule has 3 saturated heterocycles. The van der Waals surface area contributed by atoms with Gasteiger partial charge in [0.05, 0.1) is 45.0 Å². The fraction of sp³-hybridized carbons (Fsp3) is 0.643. The topological polar surface area (TPSA) is 167 Å². The molecule has 14 nitrogen and oxygen atoms in total. The molecule has 5 heterocycles. The maximum atomic E-state index is 14.5. The first-order valence-electron chi connectivity index (χ1n) is 19.7. The molecule has 0 radical (unpaired) electrons. The van der Waals surface area contributed by atoms with Gasteiger partial charge in [-0.25, -0.2) is 4.79 Å². The van der Waals surface area contributed by atoms with Crippen molar-refractivity contribution in [2.75, 3.05) is 27.8 Å². The van der Waals surface area contributed by atoms with Crippen LogP contribution in [-0.4, -0.2) is 121 Å². The zero-order valence-corrected chi connectivity index (χ0v) is 35.4. The van der Waals surface area contributed by atoms with Crippen molar-refractivity contribution in [1.29, 1.82) is 0 Å². The van der Waals surface area contributed by atoms with Crippen molar-refractivity contribution in [1.82, 2.24) is 15.2 Å². The van der Waals surface area contributed by atoms with Gasteiger partial charge in [0.25, 0.3) is 0 Å². The van der Waals surface area contributed by atoms with Crippen LogP contribution in [0.4, 0.5) is 4.79 Å². The third-order valence-corrected chi connectivity index (χ3v) is 12.4. The average molecular weight is 811 g/mol. The molecule has 2 aromatic rings. The molecule has 0 spiro atoms. The first-order chi connectivity index (χ1) is 27.1. The molecule has 1 amide bonds. The van der Waals surface area contributed by atoms with E-state index in [9.17, 15) is 19.5 Å². The number of Topliss-reactive ketones (excluding diaryl/α,β-unsaturated/α-hetero) is 1. The second kappa shape index (κ2) is 19.2. The first kappa shape index (κ1) is 44.2. The summed E-state index contributed by atoms with van der Waals surface area (Å²) in [6.45, 7) is 12.6. The van der Waals surface area contributed by atoms with E-state index in [0.717, 1.165) is 15.4 Å². The number of aliphatic hydroxyl groups is 1. The summed E-state index contributed by atoms with van der Waals surface area (Å²) in [6, 6.07) is 8.72. The summed E-state index contributed by atoms with van der Waals surface area (Å²) in [7, 11) is 5.21. The number of thiophene rings is 1. The Balaban J connectivity index is 1.57. The Bertz CT molecular complexity index is 1790. The zero-order chi connectivity index (χ0) is 41.6. The van der Waals surface area contributed by atoms with Crippen LogP contribution >= 0.6 is 11.3 Å². The van der Waals surface area contributed by atoms with Crippen LogP contribution in [0.3, 0.4) is 0 Å². The predicted octanol–water partition coefficient (Wildman–Crippen LogP) is 5.07. The fourth-order valence-electron chi connectivity index (χ4n) is 8.31. The normalized spacial score (nSPS) is 36.0. The van der Waals surface area contributed by atoms with Gasteiger partial charge in [-0.05, 0) is 78.4 Å². The Kier molecular flexibility index (Phi) is 14.9. The van der Waals surface area contributed by atoms with Crippen LogP contribution in [0.5, 0.6) is 0 Å². The number of pyridine rings is 1. The van der Waals surface area contributed by atoms with Crippen LogP contribution in [0.15, 0.2) is 41.7 Å². The number of hydrogen-bond acceptors (Lipinski definition) is 14. The van der Waals surface area contributed by atoms with E-state index in [2.05, 4.69) is 27.3 Å². The van der Waals surface area contributed by atoms with Gasteiger partial charge in [0, 0.05) is 30.0 Å². The number of amides is 1. The third-order valence-electron chi connectivity index (χ3n) is 11.4. The molecule has 0 bridgehead atoms. The largest absolute Gasteiger partial charge is 0.458 e. The number of carbonyl (C=O) groups is 3. The molecule has 3 aliphatic rings. The van der Waals surface area contributed by atoms with Crippen molar-refractivity contribution in [2.24, 2.45) is 28.8 Å². The smallest absolute Gasteiger partial charge is 0.407 e. The van der Waals surface area contributed by atoms with Crippen LogP contribution < -0.4 is 5.32 Å². The standard InChI is InChI=1S/C42H58N4O10S/c1-11-31-37-34(44-41(50)55-37)25(4)33(45-51-10)23(2)22-42(7,52-20-14-15-28-17-18-32(57-28)29-16-12-13-19-43-29)38(26(5)35(47)27(6)39(49)54-31)56-40-36(48)30(46(8)9)21-24(3)53-40/h12-13,16-19,23-27,30-31,34,36-38,40,48H,11,20-22H2,1-10H3,(H,44,50)/b45-33+/t23-,24-,25+,26+,27-,30+,31-,34-,36?,37-,38-,40?,42+/m1/s1. The van der Waals surface area contributed by atoms with Crippen LogP contribution in [-0.2, 0) is 38.1 Å². The monoisotopic (exact) mass is 810 g/mol. The molecule has 0 aromatic carbocycles. The molecule has 57 heavy (non-hydrogen) atoms. The maximum absolute atomic E-state index is 14.5. The summed E-state index contributed by atoms with van der Waals surface area (Å²) in [4.78, 5) is 54.5. The number of hydrogen-bond donors (Lipinski definition) is 2. The summed E-state index contributed by atoms with van der Waals surface area (Å²) in [6.07, 6.45) is -3.01. The van der Waals surface area contributed by atoms with Crippen molar-refractivity contribution >= 4 is 34.9 Å². The number of aliphatic hydroxyl groups excluding tert-OH is 1. The van der Waals surface area contributed by atoms with E-state index in [1.807, 2.05) is 83.9 Å². The van der Waals surface area contributed by atoms with Gasteiger partial charge in [-0.1, -0.05) is 50.8 Å². The number of likely N-dealkylation sites (N-methyl/N-ethyl adjacent to an activating group) is 1. The van der Waals surface area contributed by atoms with Crippen LogP contribution in [0.2, 0.25) is 0 Å². The number of alkyl carbamates (subject to hydrolysis) is 1. The van der Waals surface area contributed by atoms with E-state index < -0.39 is 83.9 Å². The van der Waals surface area contributed by atoms with E-state index in [1.54, 1.807) is 13.1 Å². The van der Waals surface area contributed by atoms with Gasteiger partial charge in [-0.2, -0.15) is 0 Å². The number of oxime groups is 1. The highest BCUT2D eigenvalue weighted by molar-refractivity contribution is 7.16. The second-order valence-corrected chi connectivity index (χ2v) is 16.9.